The van der Waals surface area contributed by atoms with Gasteiger partial charge < -0.3 is 19.0 Å². The maximum Gasteiger partial charge on any atom is 0.500 e. The van der Waals surface area contributed by atoms with Crippen LogP contribution in [0.1, 0.15) is 40.5 Å². The summed E-state index contributed by atoms with van der Waals surface area (Å²) in [6.45, 7) is 9.74. The van der Waals surface area contributed by atoms with Crippen LogP contribution in [0.2, 0.25) is 6.04 Å². The number of nitrogens with two attached hydrogens (primary N) is 1. The number of hydrogen-bond acceptors (Lipinski definition) is 4. The molecule has 0 saturated heterocycles. The third-order valence-electron chi connectivity index (χ3n) is 2.25. The molecule has 0 saturated carbocycles. The van der Waals surface area contributed by atoms with E-state index in [0.717, 1.165) is 24.6 Å². The van der Waals surface area contributed by atoms with Crippen LogP contribution in [0.4, 0.5) is 0 Å². The van der Waals surface area contributed by atoms with Crippen molar-refractivity contribution in [2.45, 2.75) is 46.6 Å². The van der Waals surface area contributed by atoms with Gasteiger partial charge in [-0.15, -0.1) is 0 Å². The highest BCUT2D eigenvalue weighted by atomic mass is 28.4. The van der Waals surface area contributed by atoms with Crippen molar-refractivity contribution in [2.75, 3.05) is 19.8 Å². The van der Waals surface area contributed by atoms with Gasteiger partial charge in [0.25, 0.3) is 0 Å². The minimum absolute atomic E-state index is 0.637. The zero-order chi connectivity index (χ0) is 13.1. The lowest BCUT2D eigenvalue weighted by Crippen LogP contribution is -2.45. The summed E-state index contributed by atoms with van der Waals surface area (Å²) in [4.78, 5) is 0. The molecule has 5 heteroatoms. The van der Waals surface area contributed by atoms with Crippen LogP contribution < -0.4 is 5.73 Å². The number of hydrogen-bond donors (Lipinski definition) is 1. The summed E-state index contributed by atoms with van der Waals surface area (Å²) in [7, 11) is -2.44. The molecule has 0 radical (unpaired) electrons. The van der Waals surface area contributed by atoms with E-state index in [1.165, 1.54) is 0 Å². The first-order chi connectivity index (χ1) is 8.10. The van der Waals surface area contributed by atoms with Crippen molar-refractivity contribution in [3.05, 3.63) is 11.8 Å². The molecular formula is C12H27NO3Si. The highest BCUT2D eigenvalue weighted by Gasteiger charge is 2.39. The number of rotatable bonds is 10. The van der Waals surface area contributed by atoms with Crippen LogP contribution in [0.15, 0.2) is 11.8 Å². The van der Waals surface area contributed by atoms with Gasteiger partial charge in [-0.05, 0) is 40.5 Å². The van der Waals surface area contributed by atoms with Crippen molar-refractivity contribution in [3.8, 4) is 0 Å². The summed E-state index contributed by atoms with van der Waals surface area (Å²) >= 11 is 0. The Morgan fingerprint density at radius 2 is 1.53 bits per heavy atom. The molecule has 0 aromatic carbocycles. The van der Waals surface area contributed by atoms with Crippen molar-refractivity contribution in [2.24, 2.45) is 5.73 Å². The quantitative estimate of drug-likeness (QED) is 0.485. The van der Waals surface area contributed by atoms with Gasteiger partial charge in [0.2, 0.25) is 0 Å². The average molecular weight is 261 g/mol. The molecule has 0 amide bonds. The normalized spacial score (nSPS) is 13.1. The van der Waals surface area contributed by atoms with E-state index >= 15 is 0 Å². The van der Waals surface area contributed by atoms with Gasteiger partial charge in [0.15, 0.2) is 0 Å². The van der Waals surface area contributed by atoms with Gasteiger partial charge in [-0.3, -0.25) is 0 Å². The van der Waals surface area contributed by atoms with Crippen LogP contribution in [-0.4, -0.2) is 28.6 Å². The van der Waals surface area contributed by atoms with Gasteiger partial charge in [0.05, 0.1) is 0 Å². The minimum atomic E-state index is -2.44. The van der Waals surface area contributed by atoms with Crippen molar-refractivity contribution < 1.29 is 13.3 Å². The monoisotopic (exact) mass is 261 g/mol. The Balaban J connectivity index is 4.28. The molecule has 2 N–H and O–H groups in total. The zero-order valence-corrected chi connectivity index (χ0v) is 12.6. The molecule has 4 nitrogen and oxygen atoms in total. The topological polar surface area (TPSA) is 53.7 Å². The smallest absolute Gasteiger partial charge is 0.403 e. The zero-order valence-electron chi connectivity index (χ0n) is 11.6. The van der Waals surface area contributed by atoms with E-state index in [-0.39, 0.29) is 0 Å². The first-order valence-corrected chi connectivity index (χ1v) is 8.37. The van der Waals surface area contributed by atoms with Gasteiger partial charge in [-0.1, -0.05) is 6.08 Å². The minimum Gasteiger partial charge on any atom is -0.403 e. The van der Waals surface area contributed by atoms with Crippen LogP contribution >= 0.6 is 0 Å². The second-order valence-electron chi connectivity index (χ2n) is 3.82. The predicted molar refractivity (Wildman–Crippen MR) is 72.6 cm³/mol. The van der Waals surface area contributed by atoms with E-state index in [2.05, 4.69) is 0 Å². The molecule has 0 aliphatic rings. The van der Waals surface area contributed by atoms with Crippen LogP contribution in [0, 0.1) is 0 Å². The second-order valence-corrected chi connectivity index (χ2v) is 6.55. The molecule has 17 heavy (non-hydrogen) atoms. The van der Waals surface area contributed by atoms with Crippen LogP contribution in [-0.2, 0) is 13.3 Å². The fourth-order valence-corrected chi connectivity index (χ4v) is 4.29. The summed E-state index contributed by atoms with van der Waals surface area (Å²) < 4.78 is 17.3. The van der Waals surface area contributed by atoms with Crippen molar-refractivity contribution in [1.82, 2.24) is 0 Å². The maximum atomic E-state index is 5.76. The molecule has 0 aromatic heterocycles. The summed E-state index contributed by atoms with van der Waals surface area (Å²) in [6.07, 6.45) is 3.97. The third-order valence-corrected chi connectivity index (χ3v) is 5.40. The Morgan fingerprint density at radius 3 is 1.88 bits per heavy atom. The summed E-state index contributed by atoms with van der Waals surface area (Å²) in [5, 5.41) is 0. The third kappa shape index (κ3) is 7.54. The molecule has 0 heterocycles. The Kier molecular flexibility index (Phi) is 9.44. The van der Waals surface area contributed by atoms with Crippen molar-refractivity contribution in [3.63, 3.8) is 0 Å². The van der Waals surface area contributed by atoms with E-state index in [1.54, 1.807) is 0 Å². The van der Waals surface area contributed by atoms with Gasteiger partial charge in [0.1, 0.15) is 0 Å². The second kappa shape index (κ2) is 9.64. The average Bonchev–Trinajstić information content (AvgIpc) is 2.25. The Morgan fingerprint density at radius 1 is 1.06 bits per heavy atom. The van der Waals surface area contributed by atoms with Crippen LogP contribution in [0.25, 0.3) is 0 Å². The van der Waals surface area contributed by atoms with Crippen molar-refractivity contribution in [1.29, 1.82) is 0 Å². The fraction of sp³-hybridized carbons (Fsp3) is 0.833. The molecular weight excluding hydrogens is 234 g/mol. The number of unbranched alkanes of at least 4 members (excludes halogenated alkanes) is 1. The highest BCUT2D eigenvalue weighted by molar-refractivity contribution is 6.60. The lowest BCUT2D eigenvalue weighted by Gasteiger charge is -2.28. The van der Waals surface area contributed by atoms with Gasteiger partial charge >= 0.3 is 8.80 Å². The van der Waals surface area contributed by atoms with Crippen LogP contribution in [0.5, 0.6) is 0 Å². The van der Waals surface area contributed by atoms with Gasteiger partial charge in [-0.25, -0.2) is 0 Å². The van der Waals surface area contributed by atoms with E-state index in [9.17, 15) is 0 Å². The summed E-state index contributed by atoms with van der Waals surface area (Å²) in [6, 6.07) is 0.853. The predicted octanol–water partition coefficient (Wildman–Crippen LogP) is 2.68. The molecule has 0 spiro atoms. The Hall–Kier alpha value is -0.363. The maximum absolute atomic E-state index is 5.76. The van der Waals surface area contributed by atoms with E-state index in [1.807, 2.05) is 33.8 Å². The molecule has 0 unspecified atom stereocenters. The molecule has 0 bridgehead atoms. The Bertz CT molecular complexity index is 201. The summed E-state index contributed by atoms with van der Waals surface area (Å²) in [5.74, 6) is 0. The van der Waals surface area contributed by atoms with Gasteiger partial charge in [-0.2, -0.15) is 0 Å². The molecule has 0 aromatic rings. The standard InChI is InChI=1S/C12H27NO3Si/c1-5-14-17(15-6-2,16-7-3)11-9-8-10-12(4)13/h10H,5-9,11,13H2,1-4H3. The van der Waals surface area contributed by atoms with E-state index < -0.39 is 8.80 Å². The molecule has 0 aliphatic carbocycles. The Labute approximate surface area is 106 Å². The largest absolute Gasteiger partial charge is 0.500 e. The lowest BCUT2D eigenvalue weighted by atomic mass is 10.3. The molecule has 102 valence electrons. The molecule has 0 aliphatic heterocycles. The van der Waals surface area contributed by atoms with Gasteiger partial charge in [0, 0.05) is 31.6 Å². The summed E-state index contributed by atoms with van der Waals surface area (Å²) in [5.41, 5.74) is 6.46. The first kappa shape index (κ1) is 16.6. The van der Waals surface area contributed by atoms with E-state index in [0.29, 0.717) is 19.8 Å². The fourth-order valence-electron chi connectivity index (χ4n) is 1.65. The molecule has 0 rings (SSSR count). The van der Waals surface area contributed by atoms with Crippen LogP contribution in [0.3, 0.4) is 0 Å². The SMILES string of the molecule is CCO[Si](CCCC=C(C)N)(OCC)OCC. The molecule has 0 fully saturated rings. The van der Waals surface area contributed by atoms with Crippen molar-refractivity contribution >= 4 is 8.80 Å². The molecule has 0 atom stereocenters. The number of allylic oxidation sites excluding steroid dienone is 2. The lowest BCUT2D eigenvalue weighted by molar-refractivity contribution is 0.0709. The van der Waals surface area contributed by atoms with E-state index in [4.69, 9.17) is 19.0 Å². The first-order valence-electron chi connectivity index (χ1n) is 6.44. The highest BCUT2D eigenvalue weighted by Crippen LogP contribution is 2.19.